The number of piperazine rings is 1. The van der Waals surface area contributed by atoms with Crippen LogP contribution in [0.25, 0.3) is 0 Å². The van der Waals surface area contributed by atoms with Gasteiger partial charge < -0.3 is 4.90 Å². The Hall–Kier alpha value is -1.13. The van der Waals surface area contributed by atoms with Crippen molar-refractivity contribution in [2.24, 2.45) is 0 Å². The Labute approximate surface area is 164 Å². The van der Waals surface area contributed by atoms with Crippen LogP contribution in [0.4, 0.5) is 0 Å². The first kappa shape index (κ1) is 19.6. The predicted molar refractivity (Wildman–Crippen MR) is 106 cm³/mol. The van der Waals surface area contributed by atoms with Gasteiger partial charge in [-0.2, -0.15) is 14.1 Å². The van der Waals surface area contributed by atoms with Gasteiger partial charge in [0.05, 0.1) is 31.1 Å². The molecule has 0 saturated carbocycles. The summed E-state index contributed by atoms with van der Waals surface area (Å²) in [4.78, 5) is 1.76. The Bertz CT molecular complexity index is 947. The van der Waals surface area contributed by atoms with Crippen LogP contribution in [-0.2, 0) is 16.7 Å². The van der Waals surface area contributed by atoms with E-state index in [-0.39, 0.29) is 0 Å². The fourth-order valence-electron chi connectivity index (χ4n) is 3.63. The Morgan fingerprint density at radius 2 is 1.73 bits per heavy atom. The minimum Gasteiger partial charge on any atom is -0.314 e. The topological polar surface area (TPSA) is 59.6 Å². The van der Waals surface area contributed by atoms with E-state index in [0.29, 0.717) is 24.7 Å². The summed E-state index contributed by atoms with van der Waals surface area (Å²) in [6.45, 7) is 10.9. The van der Waals surface area contributed by atoms with E-state index in [2.05, 4.69) is 5.10 Å². The molecule has 1 aromatic heterocycles. The zero-order valence-corrected chi connectivity index (χ0v) is 18.0. The van der Waals surface area contributed by atoms with E-state index in [1.807, 2.05) is 44.5 Å². The van der Waals surface area contributed by atoms with Gasteiger partial charge in [0.25, 0.3) is 0 Å². The number of rotatable bonds is 4. The van der Waals surface area contributed by atoms with Gasteiger partial charge in [-0.3, -0.25) is 0 Å². The van der Waals surface area contributed by atoms with Gasteiger partial charge in [0.1, 0.15) is 5.01 Å². The molecule has 1 saturated heterocycles. The Balaban J connectivity index is 1.73. The van der Waals surface area contributed by atoms with Gasteiger partial charge in [-0.1, -0.05) is 29.0 Å². The molecule has 2 aromatic rings. The highest BCUT2D eigenvalue weighted by Crippen LogP contribution is 2.25. The zero-order valence-electron chi connectivity index (χ0n) is 15.6. The van der Waals surface area contributed by atoms with Crippen LogP contribution in [0.3, 0.4) is 0 Å². The quantitative estimate of drug-likeness (QED) is 0.771. The molecule has 1 N–H and O–H groups in total. The molecule has 0 radical (unpaired) electrons. The molecule has 1 aliphatic heterocycles. The lowest BCUT2D eigenvalue weighted by molar-refractivity contribution is -0.926. The van der Waals surface area contributed by atoms with E-state index in [0.717, 1.165) is 38.7 Å². The van der Waals surface area contributed by atoms with Gasteiger partial charge in [-0.05, 0) is 51.0 Å². The number of hydrogen-bond donors (Lipinski definition) is 1. The van der Waals surface area contributed by atoms with E-state index < -0.39 is 10.0 Å². The molecule has 6 nitrogen and oxygen atoms in total. The minimum absolute atomic E-state index is 0.462. The number of hydrogen-bond acceptors (Lipinski definition) is 5. The van der Waals surface area contributed by atoms with E-state index >= 15 is 0 Å². The average molecular weight is 414 g/mol. The van der Waals surface area contributed by atoms with Crippen molar-refractivity contribution in [2.45, 2.75) is 39.3 Å². The number of nitrogens with zero attached hydrogens (tertiary/aromatic N) is 3. The summed E-state index contributed by atoms with van der Waals surface area (Å²) >= 11 is 6.84. The van der Waals surface area contributed by atoms with Crippen LogP contribution in [0.2, 0.25) is 0 Å². The summed E-state index contributed by atoms with van der Waals surface area (Å²) in [5, 5.41) is 5.39. The van der Waals surface area contributed by atoms with E-state index in [1.165, 1.54) is 16.2 Å². The van der Waals surface area contributed by atoms with Crippen molar-refractivity contribution in [2.75, 3.05) is 26.2 Å². The number of aryl methyl sites for hydroxylation is 4. The van der Waals surface area contributed by atoms with E-state index in [4.69, 9.17) is 12.2 Å². The van der Waals surface area contributed by atoms with Crippen LogP contribution < -0.4 is 4.90 Å². The number of quaternary nitrogens is 1. The molecule has 0 unspecified atom stereocenters. The number of benzene rings is 1. The van der Waals surface area contributed by atoms with Crippen LogP contribution in [0, 0.1) is 31.6 Å². The molecule has 9 heteroatoms. The summed E-state index contributed by atoms with van der Waals surface area (Å²) in [5.74, 6) is 0. The van der Waals surface area contributed by atoms with Crippen molar-refractivity contribution >= 4 is 33.6 Å². The molecule has 0 spiro atoms. The van der Waals surface area contributed by atoms with Crippen LogP contribution in [-0.4, -0.2) is 48.7 Å². The molecular weight excluding hydrogens is 388 g/mol. The highest BCUT2D eigenvalue weighted by Gasteiger charge is 2.32. The molecule has 2 heterocycles. The lowest BCUT2D eigenvalue weighted by Crippen LogP contribution is -3.14. The molecule has 0 bridgehead atoms. The van der Waals surface area contributed by atoms with Crippen LogP contribution in [0.5, 0.6) is 0 Å². The van der Waals surface area contributed by atoms with Gasteiger partial charge in [0, 0.05) is 0 Å². The lowest BCUT2D eigenvalue weighted by Gasteiger charge is -2.32. The smallest absolute Gasteiger partial charge is 0.244 e. The van der Waals surface area contributed by atoms with Gasteiger partial charge in [-0.25, -0.2) is 8.42 Å². The molecule has 0 atom stereocenters. The Morgan fingerprint density at radius 1 is 1.15 bits per heavy atom. The molecule has 0 amide bonds. The third-order valence-electron chi connectivity index (χ3n) is 4.71. The normalized spacial score (nSPS) is 16.9. The van der Waals surface area contributed by atoms with Crippen molar-refractivity contribution in [1.29, 1.82) is 0 Å². The van der Waals surface area contributed by atoms with Crippen molar-refractivity contribution < 1.29 is 13.3 Å². The first-order chi connectivity index (χ1) is 12.2. The Kier molecular flexibility index (Phi) is 5.64. The third-order valence-corrected chi connectivity index (χ3v) is 8.14. The highest BCUT2D eigenvalue weighted by atomic mass is 32.2. The Morgan fingerprint density at radius 3 is 2.23 bits per heavy atom. The molecule has 1 fully saturated rings. The van der Waals surface area contributed by atoms with Crippen molar-refractivity contribution in [1.82, 2.24) is 14.1 Å². The molecule has 26 heavy (non-hydrogen) atoms. The maximum Gasteiger partial charge on any atom is 0.244 e. The van der Waals surface area contributed by atoms with Crippen molar-refractivity contribution in [3.63, 3.8) is 0 Å². The second kappa shape index (κ2) is 7.47. The van der Waals surface area contributed by atoms with Crippen LogP contribution >= 0.6 is 23.6 Å². The summed E-state index contributed by atoms with van der Waals surface area (Å²) < 4.78 is 30.5. The average Bonchev–Trinajstić information content (AvgIpc) is 2.84. The van der Waals surface area contributed by atoms with E-state index in [1.54, 1.807) is 4.31 Å². The summed E-state index contributed by atoms with van der Waals surface area (Å²) in [6, 6.07) is 3.88. The molecular formula is C17H25N4O2S3+. The van der Waals surface area contributed by atoms with Gasteiger partial charge in [-0.15, -0.1) is 0 Å². The summed E-state index contributed by atoms with van der Waals surface area (Å²) in [7, 11) is -3.46. The van der Waals surface area contributed by atoms with Crippen LogP contribution in [0.15, 0.2) is 17.0 Å². The van der Waals surface area contributed by atoms with Gasteiger partial charge in [0.2, 0.25) is 10.0 Å². The van der Waals surface area contributed by atoms with Gasteiger partial charge >= 0.3 is 0 Å². The molecule has 3 rings (SSSR count). The first-order valence-electron chi connectivity index (χ1n) is 8.64. The second-order valence-electron chi connectivity index (χ2n) is 6.93. The highest BCUT2D eigenvalue weighted by molar-refractivity contribution is 7.89. The van der Waals surface area contributed by atoms with Crippen molar-refractivity contribution in [3.8, 4) is 0 Å². The fourth-order valence-corrected chi connectivity index (χ4v) is 6.55. The maximum absolute atomic E-state index is 13.1. The standard InChI is InChI=1S/C17H24N4O2S3/c1-12-9-13(2)16(14(3)10-12)26(22,23)20-7-5-19(6-8-20)11-21-17(24)25-15(4)18-21/h9-10H,5-8,11H2,1-4H3/p+1. The summed E-state index contributed by atoms with van der Waals surface area (Å²) in [5.41, 5.74) is 2.73. The molecule has 1 aromatic carbocycles. The lowest BCUT2D eigenvalue weighted by atomic mass is 10.1. The largest absolute Gasteiger partial charge is 0.314 e. The maximum atomic E-state index is 13.1. The molecule has 0 aliphatic carbocycles. The van der Waals surface area contributed by atoms with E-state index in [9.17, 15) is 8.42 Å². The second-order valence-corrected chi connectivity index (χ2v) is 10.6. The SMILES string of the molecule is Cc1cc(C)c(S(=O)(=O)N2CC[NH+](Cn3nc(C)sc3=S)CC2)c(C)c1. The predicted octanol–water partition coefficient (Wildman–Crippen LogP) is 1.45. The number of nitrogens with one attached hydrogen (secondary N) is 1. The first-order valence-corrected chi connectivity index (χ1v) is 11.3. The molecule has 1 aliphatic rings. The van der Waals surface area contributed by atoms with Gasteiger partial charge in [0.15, 0.2) is 10.6 Å². The third kappa shape index (κ3) is 3.91. The van der Waals surface area contributed by atoms with Crippen LogP contribution in [0.1, 0.15) is 21.7 Å². The summed E-state index contributed by atoms with van der Waals surface area (Å²) in [6.07, 6.45) is 0. The van der Waals surface area contributed by atoms with Crippen molar-refractivity contribution in [3.05, 3.63) is 37.8 Å². The minimum atomic E-state index is -3.46. The number of sulfonamides is 1. The monoisotopic (exact) mass is 413 g/mol. The fraction of sp³-hybridized carbons (Fsp3) is 0.529. The molecule has 142 valence electrons. The zero-order chi connectivity index (χ0) is 19.1. The number of aromatic nitrogens is 2.